The van der Waals surface area contributed by atoms with E-state index in [1.54, 1.807) is 58.6 Å². The number of amides is 4. The third-order valence-corrected chi connectivity index (χ3v) is 12.4. The van der Waals surface area contributed by atoms with Crippen molar-refractivity contribution in [1.82, 2.24) is 19.9 Å². The first kappa shape index (κ1) is 58.4. The molecule has 6 aliphatic rings. The third-order valence-electron chi connectivity index (χ3n) is 12.4. The molecule has 10 heterocycles. The summed E-state index contributed by atoms with van der Waals surface area (Å²) in [5, 5.41) is 15.1. The van der Waals surface area contributed by atoms with E-state index in [0.717, 1.165) is 50.1 Å². The Bertz CT molecular complexity index is 2600. The summed E-state index contributed by atoms with van der Waals surface area (Å²) < 4.78 is 39.1. The van der Waals surface area contributed by atoms with Gasteiger partial charge in [-0.15, -0.1) is 0 Å². The van der Waals surface area contributed by atoms with Crippen LogP contribution in [0.3, 0.4) is 0 Å². The minimum absolute atomic E-state index is 0. The summed E-state index contributed by atoms with van der Waals surface area (Å²) in [5.41, 5.74) is 1.62. The zero-order chi connectivity index (χ0) is 48.5. The van der Waals surface area contributed by atoms with Gasteiger partial charge in [-0.1, -0.05) is 0 Å². The van der Waals surface area contributed by atoms with Crippen LogP contribution >= 0.6 is 54.0 Å². The summed E-state index contributed by atoms with van der Waals surface area (Å²) in [4.78, 5) is 75.2. The van der Waals surface area contributed by atoms with Crippen molar-refractivity contribution in [3.63, 3.8) is 0 Å². The first-order chi connectivity index (χ1) is 33.1. The molecular weight excluding hydrogens is 1020 g/mol. The van der Waals surface area contributed by atoms with Gasteiger partial charge in [0.15, 0.2) is 34.6 Å². The highest BCUT2D eigenvalue weighted by Gasteiger charge is 2.41. The highest BCUT2D eigenvalue weighted by atomic mass is 32.1. The van der Waals surface area contributed by atoms with E-state index in [9.17, 15) is 24.3 Å². The SMILES string of the molecule is CC1(C)OC[C@H](COc2ccnc(NC(=O)N3c4nc(C(=O)O)ccc4N4CCC[C@H]3C4)c2)O1.COC(=O)c1ccc2c(n1)N(C(=O)Nc1cc(OC[C@H]3COC(C)(C)O3)ccn1)[C@H]1CCCN2C1.S.S.S.S. The molecule has 4 amide bonds. The number of nitrogens with one attached hydrogen (secondary N) is 2. The third kappa shape index (κ3) is 13.6. The predicted octanol–water partition coefficient (Wildman–Crippen LogP) is 5.99. The molecule has 4 aromatic heterocycles. The number of nitrogens with zero attached hydrogens (tertiary/aromatic N) is 8. The fraction of sp³-hybridized carbons (Fsp3) is 0.489. The van der Waals surface area contributed by atoms with Crippen LogP contribution < -0.4 is 39.7 Å². The summed E-state index contributed by atoms with van der Waals surface area (Å²) >= 11 is 0. The number of anilines is 6. The molecule has 4 saturated heterocycles. The second kappa shape index (κ2) is 24.7. The number of fused-ring (bicyclic) bond motifs is 8. The quantitative estimate of drug-likeness (QED) is 0.154. The number of carbonyl (C=O) groups excluding carboxylic acids is 3. The number of pyridine rings is 4. The fourth-order valence-corrected chi connectivity index (χ4v) is 9.25. The number of urea groups is 2. The monoisotopic (exact) mass is 1090 g/mol. The van der Waals surface area contributed by atoms with Crippen LogP contribution in [-0.4, -0.2) is 145 Å². The second-order valence-electron chi connectivity index (χ2n) is 18.2. The lowest BCUT2D eigenvalue weighted by molar-refractivity contribution is -0.141. The van der Waals surface area contributed by atoms with E-state index in [0.29, 0.717) is 74.3 Å². The highest BCUT2D eigenvalue weighted by molar-refractivity contribution is 7.59. The number of esters is 1. The number of ether oxygens (including phenoxy) is 7. The minimum Gasteiger partial charge on any atom is -0.491 e. The van der Waals surface area contributed by atoms with Gasteiger partial charge in [0.1, 0.15) is 48.6 Å². The Labute approximate surface area is 450 Å². The maximum absolute atomic E-state index is 13.5. The highest BCUT2D eigenvalue weighted by Crippen LogP contribution is 2.40. The zero-order valence-corrected chi connectivity index (χ0v) is 45.1. The van der Waals surface area contributed by atoms with Crippen LogP contribution in [0.1, 0.15) is 74.4 Å². The van der Waals surface area contributed by atoms with Crippen molar-refractivity contribution < 1.29 is 57.4 Å². The maximum Gasteiger partial charge on any atom is 0.356 e. The molecule has 6 aliphatic heterocycles. The van der Waals surface area contributed by atoms with E-state index in [1.807, 2.05) is 33.8 Å². The van der Waals surface area contributed by atoms with Crippen molar-refractivity contribution in [2.24, 2.45) is 0 Å². The van der Waals surface area contributed by atoms with Crippen molar-refractivity contribution in [2.75, 3.05) is 89.9 Å². The molecule has 0 spiro atoms. The van der Waals surface area contributed by atoms with Crippen LogP contribution in [0.5, 0.6) is 11.5 Å². The lowest BCUT2D eigenvalue weighted by Gasteiger charge is -2.45. The fourth-order valence-electron chi connectivity index (χ4n) is 9.25. The Morgan fingerprint density at radius 1 is 0.671 bits per heavy atom. The zero-order valence-electron chi connectivity index (χ0n) is 41.1. The van der Waals surface area contributed by atoms with Crippen LogP contribution in [0.25, 0.3) is 0 Å². The van der Waals surface area contributed by atoms with E-state index in [4.69, 9.17) is 33.2 Å². The summed E-state index contributed by atoms with van der Waals surface area (Å²) in [5.74, 6) is -0.389. The average Bonchev–Trinajstić information content (AvgIpc) is 3.88. The van der Waals surface area contributed by atoms with Crippen LogP contribution in [0.15, 0.2) is 60.9 Å². The Balaban J connectivity index is 0.000000257. The minimum atomic E-state index is -1.14. The molecule has 0 aromatic carbocycles. The van der Waals surface area contributed by atoms with Gasteiger partial charge >= 0.3 is 24.0 Å². The van der Waals surface area contributed by atoms with E-state index in [1.165, 1.54) is 13.2 Å². The van der Waals surface area contributed by atoms with Crippen molar-refractivity contribution in [3.8, 4) is 11.5 Å². The summed E-state index contributed by atoms with van der Waals surface area (Å²) in [6.07, 6.45) is 6.29. The lowest BCUT2D eigenvalue weighted by atomic mass is 10.00. The van der Waals surface area contributed by atoms with Gasteiger partial charge in [0, 0.05) is 50.7 Å². The second-order valence-corrected chi connectivity index (χ2v) is 18.2. The van der Waals surface area contributed by atoms with Crippen molar-refractivity contribution in [1.29, 1.82) is 0 Å². The Hall–Kier alpha value is -5.48. The van der Waals surface area contributed by atoms with Crippen LogP contribution in [-0.2, 0) is 23.7 Å². The number of carboxylic acid groups (broad SMARTS) is 1. The smallest absolute Gasteiger partial charge is 0.356 e. The number of piperidine rings is 2. The van der Waals surface area contributed by atoms with Crippen LogP contribution in [0, 0.1) is 0 Å². The summed E-state index contributed by atoms with van der Waals surface area (Å²) in [6.45, 7) is 12.1. The van der Waals surface area contributed by atoms with Crippen molar-refractivity contribution >= 4 is 113 Å². The molecule has 4 atom stereocenters. The number of aromatic nitrogens is 4. The molecule has 0 aliphatic carbocycles. The van der Waals surface area contributed by atoms with Gasteiger partial charge in [0.2, 0.25) is 0 Å². The maximum atomic E-state index is 13.5. The number of aromatic carboxylic acids is 1. The molecule has 4 fully saturated rings. The molecule has 0 radical (unpaired) electrons. The summed E-state index contributed by atoms with van der Waals surface area (Å²) in [7, 11) is 1.31. The Kier molecular flexibility index (Phi) is 19.8. The number of rotatable bonds is 10. The van der Waals surface area contributed by atoms with Gasteiger partial charge in [-0.25, -0.2) is 39.1 Å². The topological polar surface area (TPSA) is 242 Å². The van der Waals surface area contributed by atoms with Crippen molar-refractivity contribution in [2.45, 2.75) is 89.2 Å². The average molecular weight is 1090 g/mol. The normalized spacial score (nSPS) is 21.3. The molecule has 0 saturated carbocycles. The molecule has 4 bridgehead atoms. The molecule has 26 heteroatoms. The predicted molar refractivity (Wildman–Crippen MR) is 291 cm³/mol. The van der Waals surface area contributed by atoms with E-state index < -0.39 is 29.5 Å². The van der Waals surface area contributed by atoms with E-state index >= 15 is 0 Å². The van der Waals surface area contributed by atoms with Crippen LogP contribution in [0.4, 0.5) is 44.2 Å². The first-order valence-corrected chi connectivity index (χ1v) is 23.0. The number of hydrogen-bond acceptors (Lipinski definition) is 17. The van der Waals surface area contributed by atoms with E-state index in [2.05, 4.69) is 40.4 Å². The molecule has 398 valence electrons. The molecule has 3 N–H and O–H groups in total. The lowest BCUT2D eigenvalue weighted by Crippen LogP contribution is -2.56. The van der Waals surface area contributed by atoms with Gasteiger partial charge in [0.25, 0.3) is 0 Å². The standard InChI is InChI=1S/C24H29N5O6.C23H27N5O6.4H2S/c1-24(2)34-14-17(35-24)13-33-16-8-9-25-20(11-16)27-23(31)29-15-5-4-10-28(12-15)19-7-6-18(22(30)32-3)26-21(19)29;1-23(2)33-13-16(34-23)12-32-15-7-8-24-19(10-15)26-22(31)28-14-4-3-9-27(11-14)18-6-5-17(21(29)30)25-20(18)28;;;;/h6-9,11,15,17H,4-5,10,12-14H2,1-3H3,(H,25,27,31);5-8,10,14,16H,3-4,9,11-13H2,1-2H3,(H,29,30)(H,24,26,31);4*1H2/t15-,17-;14-,16-;;;;/m00..../s1. The number of carboxylic acids is 1. The van der Waals surface area contributed by atoms with E-state index in [-0.39, 0.29) is 95.7 Å². The van der Waals surface area contributed by atoms with Gasteiger partial charge in [-0.3, -0.25) is 20.4 Å². The van der Waals surface area contributed by atoms with Gasteiger partial charge in [0.05, 0.1) is 43.8 Å². The van der Waals surface area contributed by atoms with Gasteiger partial charge in [-0.05, 0) is 89.8 Å². The molecule has 10 rings (SSSR count). The molecular formula is C47H64N10O12S4. The Morgan fingerprint density at radius 2 is 1.11 bits per heavy atom. The summed E-state index contributed by atoms with van der Waals surface area (Å²) in [6, 6.07) is 12.4. The largest absolute Gasteiger partial charge is 0.491 e. The molecule has 22 nitrogen and oxygen atoms in total. The number of carbonyl (C=O) groups is 4. The van der Waals surface area contributed by atoms with Gasteiger partial charge < -0.3 is 48.1 Å². The Morgan fingerprint density at radius 3 is 1.52 bits per heavy atom. The van der Waals surface area contributed by atoms with Gasteiger partial charge in [-0.2, -0.15) is 54.0 Å². The number of hydrogen-bond donors (Lipinski definition) is 3. The number of methoxy groups -OCH3 is 1. The molecule has 4 aromatic rings. The first-order valence-electron chi connectivity index (χ1n) is 23.0. The van der Waals surface area contributed by atoms with Crippen molar-refractivity contribution in [3.05, 3.63) is 72.3 Å². The molecule has 73 heavy (non-hydrogen) atoms. The van der Waals surface area contributed by atoms with Crippen LogP contribution in [0.2, 0.25) is 0 Å². The molecule has 0 unspecified atom stereocenters.